The lowest BCUT2D eigenvalue weighted by Gasteiger charge is -2.20. The van der Waals surface area contributed by atoms with Crippen molar-refractivity contribution in [2.75, 3.05) is 10.6 Å². The van der Waals surface area contributed by atoms with Crippen LogP contribution in [0, 0.1) is 6.92 Å². The Morgan fingerprint density at radius 1 is 0.933 bits per heavy atom. The highest BCUT2D eigenvalue weighted by molar-refractivity contribution is 6.03. The monoisotopic (exact) mass is 412 g/mol. The van der Waals surface area contributed by atoms with Crippen LogP contribution in [0.3, 0.4) is 0 Å². The minimum Gasteiger partial charge on any atom is -0.339 e. The molecule has 0 saturated heterocycles. The van der Waals surface area contributed by atoms with Crippen LogP contribution in [0.25, 0.3) is 0 Å². The van der Waals surface area contributed by atoms with Crippen LogP contribution in [0.15, 0.2) is 48.5 Å². The van der Waals surface area contributed by atoms with Gasteiger partial charge in [-0.15, -0.1) is 0 Å². The van der Waals surface area contributed by atoms with Gasteiger partial charge in [0.1, 0.15) is 5.82 Å². The highest BCUT2D eigenvalue weighted by Gasteiger charge is 2.31. The van der Waals surface area contributed by atoms with E-state index in [9.17, 15) is 18.0 Å². The van der Waals surface area contributed by atoms with Gasteiger partial charge >= 0.3 is 6.18 Å². The first-order valence-corrected chi connectivity index (χ1v) is 9.52. The van der Waals surface area contributed by atoms with E-state index in [4.69, 9.17) is 0 Å². The minimum atomic E-state index is -4.46. The molecular formula is C22H19F3N4O. The molecule has 2 N–H and O–H groups in total. The minimum absolute atomic E-state index is 0.118. The van der Waals surface area contributed by atoms with Gasteiger partial charge in [0, 0.05) is 17.8 Å². The standard InChI is InChI=1S/C22H19F3N4O/c1-13-5-2-7-15(11-13)27-21-28-17-9-4-10-18(30)19(17)20(29-21)26-16-8-3-6-14(12-16)22(23,24)25/h2-3,5-8,11-12H,4,9-10H2,1H3,(H2,26,27,28,29). The number of carbonyl (C=O) groups excluding carboxylic acids is 1. The van der Waals surface area contributed by atoms with Gasteiger partial charge in [-0.2, -0.15) is 18.2 Å². The fraction of sp³-hybridized carbons (Fsp3) is 0.227. The van der Waals surface area contributed by atoms with Crippen LogP contribution < -0.4 is 10.6 Å². The molecular weight excluding hydrogens is 393 g/mol. The number of hydrogen-bond acceptors (Lipinski definition) is 5. The first kappa shape index (κ1) is 19.9. The van der Waals surface area contributed by atoms with E-state index >= 15 is 0 Å². The highest BCUT2D eigenvalue weighted by Crippen LogP contribution is 2.33. The van der Waals surface area contributed by atoms with Gasteiger partial charge in [-0.25, -0.2) is 4.98 Å². The van der Waals surface area contributed by atoms with E-state index in [0.29, 0.717) is 30.5 Å². The molecule has 30 heavy (non-hydrogen) atoms. The fourth-order valence-electron chi connectivity index (χ4n) is 3.43. The number of hydrogen-bond donors (Lipinski definition) is 2. The molecule has 0 spiro atoms. The van der Waals surface area contributed by atoms with E-state index in [2.05, 4.69) is 20.6 Å². The summed E-state index contributed by atoms with van der Waals surface area (Å²) in [6.07, 6.45) is -2.83. The van der Waals surface area contributed by atoms with Crippen molar-refractivity contribution < 1.29 is 18.0 Å². The molecule has 0 amide bonds. The zero-order valence-electron chi connectivity index (χ0n) is 16.2. The number of nitrogens with one attached hydrogen (secondary N) is 2. The molecule has 1 aliphatic rings. The molecule has 0 unspecified atom stereocenters. The second kappa shape index (κ2) is 7.78. The van der Waals surface area contributed by atoms with Crippen molar-refractivity contribution in [3.05, 3.63) is 70.9 Å². The molecule has 0 fully saturated rings. The quantitative estimate of drug-likeness (QED) is 0.566. The average molecular weight is 412 g/mol. The molecule has 8 heteroatoms. The van der Waals surface area contributed by atoms with Crippen molar-refractivity contribution in [2.45, 2.75) is 32.4 Å². The predicted molar refractivity (Wildman–Crippen MR) is 108 cm³/mol. The van der Waals surface area contributed by atoms with Crippen LogP contribution >= 0.6 is 0 Å². The summed E-state index contributed by atoms with van der Waals surface area (Å²) in [5.41, 5.74) is 2.18. The van der Waals surface area contributed by atoms with Crippen LogP contribution in [0.4, 0.5) is 36.3 Å². The van der Waals surface area contributed by atoms with Crippen molar-refractivity contribution in [2.24, 2.45) is 0 Å². The van der Waals surface area contributed by atoms with Gasteiger partial charge in [0.15, 0.2) is 5.78 Å². The van der Waals surface area contributed by atoms with E-state index in [-0.39, 0.29) is 23.2 Å². The molecule has 0 atom stereocenters. The third-order valence-electron chi connectivity index (χ3n) is 4.81. The highest BCUT2D eigenvalue weighted by atomic mass is 19.4. The first-order chi connectivity index (χ1) is 14.3. The molecule has 5 nitrogen and oxygen atoms in total. The van der Waals surface area contributed by atoms with Gasteiger partial charge in [-0.1, -0.05) is 18.2 Å². The van der Waals surface area contributed by atoms with Crippen molar-refractivity contribution >= 4 is 28.9 Å². The predicted octanol–water partition coefficient (Wildman–Crippen LogP) is 5.81. The maximum Gasteiger partial charge on any atom is 0.416 e. The van der Waals surface area contributed by atoms with E-state index in [1.165, 1.54) is 12.1 Å². The molecule has 4 rings (SSSR count). The lowest BCUT2D eigenvalue weighted by atomic mass is 9.95. The van der Waals surface area contributed by atoms with E-state index in [0.717, 1.165) is 23.4 Å². The number of nitrogens with zero attached hydrogens (tertiary/aromatic N) is 2. The van der Waals surface area contributed by atoms with Crippen LogP contribution in [0.1, 0.15) is 40.0 Å². The summed E-state index contributed by atoms with van der Waals surface area (Å²) in [6.45, 7) is 1.96. The molecule has 3 aromatic rings. The Bertz CT molecular complexity index is 1110. The number of fused-ring (bicyclic) bond motifs is 1. The summed E-state index contributed by atoms with van der Waals surface area (Å²) >= 11 is 0. The zero-order valence-corrected chi connectivity index (χ0v) is 16.2. The van der Waals surface area contributed by atoms with Crippen molar-refractivity contribution in [1.82, 2.24) is 9.97 Å². The van der Waals surface area contributed by atoms with E-state index < -0.39 is 11.7 Å². The summed E-state index contributed by atoms with van der Waals surface area (Å²) in [5.74, 6) is 0.371. The summed E-state index contributed by atoms with van der Waals surface area (Å²) < 4.78 is 39.2. The Balaban J connectivity index is 1.73. The summed E-state index contributed by atoms with van der Waals surface area (Å²) in [7, 11) is 0. The third kappa shape index (κ3) is 4.27. The molecule has 0 radical (unpaired) electrons. The molecule has 0 aliphatic heterocycles. The van der Waals surface area contributed by atoms with Gasteiger partial charge in [0.2, 0.25) is 5.95 Å². The van der Waals surface area contributed by atoms with Gasteiger partial charge < -0.3 is 10.6 Å². The smallest absolute Gasteiger partial charge is 0.339 e. The lowest BCUT2D eigenvalue weighted by Crippen LogP contribution is -2.18. The maximum absolute atomic E-state index is 13.1. The van der Waals surface area contributed by atoms with Gasteiger partial charge in [-0.05, 0) is 55.7 Å². The summed E-state index contributed by atoms with van der Waals surface area (Å²) in [6, 6.07) is 12.4. The molecule has 1 aliphatic carbocycles. The van der Waals surface area contributed by atoms with Crippen molar-refractivity contribution in [3.63, 3.8) is 0 Å². The van der Waals surface area contributed by atoms with Crippen molar-refractivity contribution in [3.8, 4) is 0 Å². The number of carbonyl (C=O) groups is 1. The number of ketones is 1. The largest absolute Gasteiger partial charge is 0.416 e. The zero-order chi connectivity index (χ0) is 21.3. The van der Waals surface area contributed by atoms with Crippen LogP contribution in [0.2, 0.25) is 0 Å². The molecule has 154 valence electrons. The van der Waals surface area contributed by atoms with Gasteiger partial charge in [0.25, 0.3) is 0 Å². The number of alkyl halides is 3. The topological polar surface area (TPSA) is 66.9 Å². The van der Waals surface area contributed by atoms with E-state index in [1.807, 2.05) is 31.2 Å². The Labute approximate surface area is 171 Å². The SMILES string of the molecule is Cc1cccc(Nc2nc3c(c(Nc4cccc(C(F)(F)F)c4)n2)C(=O)CCC3)c1. The molecule has 1 heterocycles. The number of Topliss-reactive ketones (excluding diaryl/α,β-unsaturated/α-hetero) is 1. The normalized spacial score (nSPS) is 13.7. The summed E-state index contributed by atoms with van der Waals surface area (Å²) in [5, 5.41) is 6.02. The number of aromatic nitrogens is 2. The second-order valence-electron chi connectivity index (χ2n) is 7.19. The summed E-state index contributed by atoms with van der Waals surface area (Å²) in [4.78, 5) is 21.4. The number of aryl methyl sites for hydroxylation is 2. The Hall–Kier alpha value is -3.42. The second-order valence-corrected chi connectivity index (χ2v) is 7.19. The fourth-order valence-corrected chi connectivity index (χ4v) is 3.43. The number of anilines is 4. The first-order valence-electron chi connectivity index (χ1n) is 9.52. The Morgan fingerprint density at radius 3 is 2.40 bits per heavy atom. The van der Waals surface area contributed by atoms with Gasteiger partial charge in [-0.3, -0.25) is 4.79 Å². The third-order valence-corrected chi connectivity index (χ3v) is 4.81. The maximum atomic E-state index is 13.1. The molecule has 0 bridgehead atoms. The number of halogens is 3. The average Bonchev–Trinajstić information content (AvgIpc) is 2.67. The molecule has 0 saturated carbocycles. The van der Waals surface area contributed by atoms with E-state index in [1.54, 1.807) is 0 Å². The number of benzene rings is 2. The number of rotatable bonds is 4. The van der Waals surface area contributed by atoms with Crippen LogP contribution in [-0.4, -0.2) is 15.8 Å². The molecule has 2 aromatic carbocycles. The van der Waals surface area contributed by atoms with Crippen molar-refractivity contribution in [1.29, 1.82) is 0 Å². The Kier molecular flexibility index (Phi) is 5.15. The Morgan fingerprint density at radius 2 is 1.67 bits per heavy atom. The lowest BCUT2D eigenvalue weighted by molar-refractivity contribution is -0.137. The molecule has 1 aromatic heterocycles. The van der Waals surface area contributed by atoms with Crippen LogP contribution in [0.5, 0.6) is 0 Å². The van der Waals surface area contributed by atoms with Gasteiger partial charge in [0.05, 0.1) is 16.8 Å². The van der Waals surface area contributed by atoms with Crippen LogP contribution in [-0.2, 0) is 12.6 Å².